The zero-order chi connectivity index (χ0) is 20.9. The molecule has 2 N–H and O–H groups in total. The van der Waals surface area contributed by atoms with Gasteiger partial charge < -0.3 is 29.7 Å². The van der Waals surface area contributed by atoms with Crippen molar-refractivity contribution in [2.75, 3.05) is 38.4 Å². The molecular formula is C22H25N3O5. The molecule has 0 unspecified atom stereocenters. The van der Waals surface area contributed by atoms with Gasteiger partial charge in [0.2, 0.25) is 12.7 Å². The van der Waals surface area contributed by atoms with Gasteiger partial charge in [0.25, 0.3) is 0 Å². The molecule has 158 valence electrons. The smallest absolute Gasteiger partial charge is 0.314 e. The Kier molecular flexibility index (Phi) is 5.92. The van der Waals surface area contributed by atoms with Crippen LogP contribution in [0.15, 0.2) is 42.5 Å². The highest BCUT2D eigenvalue weighted by Gasteiger charge is 2.31. The molecule has 2 aromatic rings. The quantitative estimate of drug-likeness (QED) is 0.730. The van der Waals surface area contributed by atoms with Gasteiger partial charge in [-0.05, 0) is 36.2 Å². The molecule has 30 heavy (non-hydrogen) atoms. The van der Waals surface area contributed by atoms with E-state index in [1.54, 1.807) is 12.0 Å². The second-order valence-electron chi connectivity index (χ2n) is 7.35. The number of hydrogen-bond donors (Lipinski definition) is 2. The molecule has 1 atom stereocenters. The second-order valence-corrected chi connectivity index (χ2v) is 7.35. The number of fused-ring (bicyclic) bond motifs is 1. The van der Waals surface area contributed by atoms with Crippen LogP contribution in [0.25, 0.3) is 0 Å². The Morgan fingerprint density at radius 2 is 1.93 bits per heavy atom. The van der Waals surface area contributed by atoms with E-state index in [0.29, 0.717) is 37.6 Å². The van der Waals surface area contributed by atoms with E-state index in [0.717, 1.165) is 23.4 Å². The average molecular weight is 411 g/mol. The molecule has 1 saturated heterocycles. The fourth-order valence-electron chi connectivity index (χ4n) is 3.63. The number of hydrogen-bond acceptors (Lipinski definition) is 5. The maximum atomic E-state index is 12.4. The van der Waals surface area contributed by atoms with E-state index >= 15 is 0 Å². The van der Waals surface area contributed by atoms with Crippen molar-refractivity contribution in [3.63, 3.8) is 0 Å². The number of urea groups is 1. The van der Waals surface area contributed by atoms with Gasteiger partial charge in [-0.2, -0.15) is 0 Å². The third-order valence-electron chi connectivity index (χ3n) is 5.28. The normalized spacial score (nSPS) is 17.2. The average Bonchev–Trinajstić information content (AvgIpc) is 3.38. The van der Waals surface area contributed by atoms with Crippen LogP contribution in [0.5, 0.6) is 17.2 Å². The van der Waals surface area contributed by atoms with E-state index in [4.69, 9.17) is 14.2 Å². The lowest BCUT2D eigenvalue weighted by atomic mass is 10.1. The van der Waals surface area contributed by atoms with Crippen molar-refractivity contribution < 1.29 is 23.8 Å². The van der Waals surface area contributed by atoms with Gasteiger partial charge in [-0.15, -0.1) is 0 Å². The molecule has 8 nitrogen and oxygen atoms in total. The van der Waals surface area contributed by atoms with Crippen LogP contribution >= 0.6 is 0 Å². The van der Waals surface area contributed by atoms with Crippen molar-refractivity contribution in [1.82, 2.24) is 10.6 Å². The number of carbonyl (C=O) groups is 2. The molecule has 0 radical (unpaired) electrons. The number of amides is 3. The van der Waals surface area contributed by atoms with E-state index < -0.39 is 0 Å². The van der Waals surface area contributed by atoms with Crippen molar-refractivity contribution in [2.45, 2.75) is 12.8 Å². The summed E-state index contributed by atoms with van der Waals surface area (Å²) in [4.78, 5) is 26.2. The van der Waals surface area contributed by atoms with Gasteiger partial charge in [0.15, 0.2) is 11.5 Å². The van der Waals surface area contributed by atoms with Crippen LogP contribution in [0.3, 0.4) is 0 Å². The third kappa shape index (κ3) is 4.59. The number of rotatable bonds is 7. The molecule has 0 bridgehead atoms. The van der Waals surface area contributed by atoms with Gasteiger partial charge in [0, 0.05) is 43.7 Å². The van der Waals surface area contributed by atoms with E-state index in [9.17, 15) is 9.59 Å². The van der Waals surface area contributed by atoms with Crippen LogP contribution in [0.4, 0.5) is 10.5 Å². The van der Waals surface area contributed by atoms with E-state index in [1.165, 1.54) is 0 Å². The second kappa shape index (κ2) is 8.94. The molecule has 0 aromatic heterocycles. The Bertz CT molecular complexity index is 915. The lowest BCUT2D eigenvalue weighted by molar-refractivity contribution is -0.117. The van der Waals surface area contributed by atoms with Crippen LogP contribution in [0.2, 0.25) is 0 Å². The van der Waals surface area contributed by atoms with Crippen molar-refractivity contribution >= 4 is 17.6 Å². The minimum absolute atomic E-state index is 0.0422. The molecule has 2 heterocycles. The minimum atomic E-state index is -0.225. The van der Waals surface area contributed by atoms with E-state index in [1.807, 2.05) is 42.5 Å². The molecule has 1 fully saturated rings. The number of nitrogens with zero attached hydrogens (tertiary/aromatic N) is 1. The van der Waals surface area contributed by atoms with E-state index in [-0.39, 0.29) is 24.6 Å². The monoisotopic (exact) mass is 411 g/mol. The Morgan fingerprint density at radius 3 is 2.73 bits per heavy atom. The van der Waals surface area contributed by atoms with E-state index in [2.05, 4.69) is 10.6 Å². The molecule has 2 aliphatic rings. The zero-order valence-corrected chi connectivity index (χ0v) is 16.8. The van der Waals surface area contributed by atoms with Gasteiger partial charge in [0.1, 0.15) is 5.75 Å². The minimum Gasteiger partial charge on any atom is -0.497 e. The maximum absolute atomic E-state index is 12.4. The van der Waals surface area contributed by atoms with Crippen LogP contribution in [-0.2, 0) is 11.2 Å². The molecule has 0 spiro atoms. The van der Waals surface area contributed by atoms with Gasteiger partial charge in [0.05, 0.1) is 7.11 Å². The topological polar surface area (TPSA) is 89.1 Å². The Hall–Kier alpha value is -3.42. The molecule has 4 rings (SSSR count). The summed E-state index contributed by atoms with van der Waals surface area (Å²) in [6, 6.07) is 13.0. The molecule has 8 heteroatoms. The van der Waals surface area contributed by atoms with Gasteiger partial charge in [-0.3, -0.25) is 4.79 Å². The van der Waals surface area contributed by atoms with Crippen LogP contribution in [0, 0.1) is 5.92 Å². The first-order valence-corrected chi connectivity index (χ1v) is 9.97. The number of benzene rings is 2. The number of nitrogens with one attached hydrogen (secondary N) is 2. The van der Waals surface area contributed by atoms with Gasteiger partial charge in [-0.1, -0.05) is 12.1 Å². The standard InChI is InChI=1S/C22H25N3O5/c1-28-18-5-2-15(3-6-18)8-9-23-22(27)24-12-16-10-21(26)25(13-16)17-4-7-19-20(11-17)30-14-29-19/h2-7,11,16H,8-10,12-14H2,1H3,(H2,23,24,27)/t16-/m0/s1. The lowest BCUT2D eigenvalue weighted by Gasteiger charge is -2.17. The lowest BCUT2D eigenvalue weighted by Crippen LogP contribution is -2.39. The van der Waals surface area contributed by atoms with Crippen LogP contribution in [0.1, 0.15) is 12.0 Å². The molecule has 2 aliphatic heterocycles. The first-order valence-electron chi connectivity index (χ1n) is 9.97. The summed E-state index contributed by atoms with van der Waals surface area (Å²) in [6.07, 6.45) is 1.14. The molecule has 0 aliphatic carbocycles. The number of methoxy groups -OCH3 is 1. The summed E-state index contributed by atoms with van der Waals surface area (Å²) in [7, 11) is 1.63. The summed E-state index contributed by atoms with van der Waals surface area (Å²) >= 11 is 0. The fourth-order valence-corrected chi connectivity index (χ4v) is 3.63. The Morgan fingerprint density at radius 1 is 1.13 bits per heavy atom. The molecule has 0 saturated carbocycles. The SMILES string of the molecule is COc1ccc(CCNC(=O)NC[C@@H]2CC(=O)N(c3ccc4c(c3)OCO4)C2)cc1. The predicted molar refractivity (Wildman–Crippen MR) is 111 cm³/mol. The molecule has 2 aromatic carbocycles. The predicted octanol–water partition coefficient (Wildman–Crippen LogP) is 2.32. The summed E-state index contributed by atoms with van der Waals surface area (Å²) in [5.74, 6) is 2.26. The summed E-state index contributed by atoms with van der Waals surface area (Å²) < 4.78 is 15.8. The van der Waals surface area contributed by atoms with Gasteiger partial charge >= 0.3 is 6.03 Å². The molecule has 3 amide bonds. The van der Waals surface area contributed by atoms with Crippen molar-refractivity contribution in [2.24, 2.45) is 5.92 Å². The maximum Gasteiger partial charge on any atom is 0.314 e. The van der Waals surface area contributed by atoms with Gasteiger partial charge in [-0.25, -0.2) is 4.79 Å². The highest BCUT2D eigenvalue weighted by molar-refractivity contribution is 5.96. The molecular weight excluding hydrogens is 386 g/mol. The summed E-state index contributed by atoms with van der Waals surface area (Å²) in [5.41, 5.74) is 1.91. The van der Waals surface area contributed by atoms with Crippen molar-refractivity contribution in [3.8, 4) is 17.2 Å². The van der Waals surface area contributed by atoms with Crippen LogP contribution in [-0.4, -0.2) is 45.5 Å². The van der Waals surface area contributed by atoms with Crippen molar-refractivity contribution in [1.29, 1.82) is 0 Å². The highest BCUT2D eigenvalue weighted by atomic mass is 16.7. The number of anilines is 1. The first-order chi connectivity index (χ1) is 14.6. The Labute approximate surface area is 175 Å². The first kappa shape index (κ1) is 19.9. The number of carbonyl (C=O) groups excluding carboxylic acids is 2. The third-order valence-corrected chi connectivity index (χ3v) is 5.28. The van der Waals surface area contributed by atoms with Crippen molar-refractivity contribution in [3.05, 3.63) is 48.0 Å². The Balaban J connectivity index is 1.20. The largest absolute Gasteiger partial charge is 0.497 e. The summed E-state index contributed by atoms with van der Waals surface area (Å²) in [6.45, 7) is 1.74. The van der Waals surface area contributed by atoms with Crippen LogP contribution < -0.4 is 29.7 Å². The highest BCUT2D eigenvalue weighted by Crippen LogP contribution is 2.37. The summed E-state index contributed by atoms with van der Waals surface area (Å²) in [5, 5.41) is 5.73. The zero-order valence-electron chi connectivity index (χ0n) is 16.8. The fraction of sp³-hybridized carbons (Fsp3) is 0.364. The number of ether oxygens (including phenoxy) is 3.